The molecule has 80 valence electrons. The molecule has 1 nitrogen and oxygen atoms in total. The third-order valence-electron chi connectivity index (χ3n) is 4.19. The first-order valence-electron chi connectivity index (χ1n) is 6.28. The van der Waals surface area contributed by atoms with Crippen molar-refractivity contribution >= 4 is 5.78 Å². The van der Waals surface area contributed by atoms with Crippen LogP contribution in [0.5, 0.6) is 0 Å². The fourth-order valence-corrected chi connectivity index (χ4v) is 2.73. The van der Waals surface area contributed by atoms with Crippen LogP contribution in [0, 0.1) is 17.8 Å². The first-order valence-corrected chi connectivity index (χ1v) is 6.28. The topological polar surface area (TPSA) is 17.1 Å². The molecular formula is C13H22O. The number of rotatable bonds is 3. The van der Waals surface area contributed by atoms with Crippen LogP contribution < -0.4 is 0 Å². The number of hydrogen-bond acceptors (Lipinski definition) is 1. The highest BCUT2D eigenvalue weighted by molar-refractivity contribution is 5.81. The van der Waals surface area contributed by atoms with Gasteiger partial charge in [0.2, 0.25) is 0 Å². The Morgan fingerprint density at radius 2 is 1.71 bits per heavy atom. The van der Waals surface area contributed by atoms with Crippen molar-refractivity contribution in [1.29, 1.82) is 0 Å². The molecule has 0 aromatic carbocycles. The Labute approximate surface area is 87.3 Å². The highest BCUT2D eigenvalue weighted by Gasteiger charge is 2.27. The van der Waals surface area contributed by atoms with E-state index in [-0.39, 0.29) is 0 Å². The third kappa shape index (κ3) is 2.37. The Hall–Kier alpha value is -0.330. The molecule has 0 N–H and O–H groups in total. The van der Waals surface area contributed by atoms with Gasteiger partial charge in [-0.15, -0.1) is 0 Å². The molecule has 0 spiro atoms. The van der Waals surface area contributed by atoms with Gasteiger partial charge < -0.3 is 0 Å². The second kappa shape index (κ2) is 4.46. The number of carbonyl (C=O) groups excluding carboxylic acids is 1. The van der Waals surface area contributed by atoms with Gasteiger partial charge in [-0.1, -0.05) is 39.0 Å². The Kier molecular flexibility index (Phi) is 3.25. The summed E-state index contributed by atoms with van der Waals surface area (Å²) < 4.78 is 0. The van der Waals surface area contributed by atoms with Gasteiger partial charge in [0.1, 0.15) is 5.78 Å². The summed E-state index contributed by atoms with van der Waals surface area (Å²) >= 11 is 0. The number of Topliss-reactive ketones (excluding diaryl/α,β-unsaturated/α-hetero) is 1. The van der Waals surface area contributed by atoms with Crippen molar-refractivity contribution in [3.8, 4) is 0 Å². The van der Waals surface area contributed by atoms with Gasteiger partial charge in [0, 0.05) is 12.3 Å². The maximum Gasteiger partial charge on any atom is 0.136 e. The average molecular weight is 194 g/mol. The molecule has 0 radical (unpaired) electrons. The van der Waals surface area contributed by atoms with E-state index in [4.69, 9.17) is 0 Å². The Bertz CT molecular complexity index is 197. The lowest BCUT2D eigenvalue weighted by Crippen LogP contribution is -2.25. The van der Waals surface area contributed by atoms with Gasteiger partial charge in [-0.05, 0) is 24.7 Å². The van der Waals surface area contributed by atoms with Gasteiger partial charge in [-0.2, -0.15) is 0 Å². The van der Waals surface area contributed by atoms with Crippen LogP contribution in [0.1, 0.15) is 58.3 Å². The lowest BCUT2D eigenvalue weighted by Gasteiger charge is -2.29. The number of hydrogen-bond donors (Lipinski definition) is 0. The minimum atomic E-state index is 0.437. The molecule has 2 aliphatic rings. The molecule has 1 heteroatoms. The Morgan fingerprint density at radius 1 is 1.07 bits per heavy atom. The maximum absolute atomic E-state index is 11.9. The molecule has 0 heterocycles. The van der Waals surface area contributed by atoms with Crippen LogP contribution in [0.25, 0.3) is 0 Å². The van der Waals surface area contributed by atoms with Crippen molar-refractivity contribution in [2.75, 3.05) is 0 Å². The van der Waals surface area contributed by atoms with Crippen LogP contribution in [0.3, 0.4) is 0 Å². The molecule has 0 aliphatic heterocycles. The minimum Gasteiger partial charge on any atom is -0.299 e. The SMILES string of the molecule is CC1CCC(C(=O)CC2CCC2)CC1. The zero-order valence-electron chi connectivity index (χ0n) is 9.30. The molecule has 14 heavy (non-hydrogen) atoms. The highest BCUT2D eigenvalue weighted by atomic mass is 16.1. The van der Waals surface area contributed by atoms with Crippen molar-refractivity contribution in [2.24, 2.45) is 17.8 Å². The molecule has 0 bridgehead atoms. The van der Waals surface area contributed by atoms with E-state index < -0.39 is 0 Å². The van der Waals surface area contributed by atoms with Crippen molar-refractivity contribution in [3.05, 3.63) is 0 Å². The lowest BCUT2D eigenvalue weighted by molar-refractivity contribution is -0.125. The third-order valence-corrected chi connectivity index (χ3v) is 4.19. The normalized spacial score (nSPS) is 33.8. The standard InChI is InChI=1S/C13H22O/c1-10-5-7-12(8-6-10)13(14)9-11-3-2-4-11/h10-12H,2-9H2,1H3. The molecule has 0 aromatic heterocycles. The van der Waals surface area contributed by atoms with Gasteiger partial charge in [0.25, 0.3) is 0 Å². The molecule has 0 saturated heterocycles. The average Bonchev–Trinajstić information content (AvgIpc) is 2.12. The molecule has 2 rings (SSSR count). The Morgan fingerprint density at radius 3 is 2.21 bits per heavy atom. The quantitative estimate of drug-likeness (QED) is 0.671. The summed E-state index contributed by atoms with van der Waals surface area (Å²) in [6, 6.07) is 0. The fraction of sp³-hybridized carbons (Fsp3) is 0.923. The second-order valence-corrected chi connectivity index (χ2v) is 5.42. The van der Waals surface area contributed by atoms with Crippen LogP contribution in [0.15, 0.2) is 0 Å². The number of carbonyl (C=O) groups is 1. The van der Waals surface area contributed by atoms with Gasteiger partial charge in [-0.25, -0.2) is 0 Å². The van der Waals surface area contributed by atoms with Gasteiger partial charge >= 0.3 is 0 Å². The van der Waals surface area contributed by atoms with Gasteiger partial charge in [-0.3, -0.25) is 4.79 Å². The summed E-state index contributed by atoms with van der Waals surface area (Å²) in [6.45, 7) is 2.31. The molecule has 0 atom stereocenters. The van der Waals surface area contributed by atoms with E-state index >= 15 is 0 Å². The zero-order chi connectivity index (χ0) is 9.97. The minimum absolute atomic E-state index is 0.437. The largest absolute Gasteiger partial charge is 0.299 e. The van der Waals surface area contributed by atoms with E-state index in [9.17, 15) is 4.79 Å². The van der Waals surface area contributed by atoms with Gasteiger partial charge in [0.15, 0.2) is 0 Å². The smallest absolute Gasteiger partial charge is 0.136 e. The molecule has 0 unspecified atom stereocenters. The zero-order valence-corrected chi connectivity index (χ0v) is 9.30. The van der Waals surface area contributed by atoms with E-state index in [0.29, 0.717) is 11.7 Å². The first kappa shape index (κ1) is 10.2. The maximum atomic E-state index is 11.9. The molecule has 0 amide bonds. The Balaban J connectivity index is 1.74. The summed E-state index contributed by atoms with van der Waals surface area (Å²) in [5.74, 6) is 2.65. The van der Waals surface area contributed by atoms with Crippen molar-refractivity contribution in [1.82, 2.24) is 0 Å². The summed E-state index contributed by atoms with van der Waals surface area (Å²) in [6.07, 6.45) is 9.80. The predicted molar refractivity (Wildman–Crippen MR) is 58.1 cm³/mol. The van der Waals surface area contributed by atoms with Crippen LogP contribution in [0.4, 0.5) is 0 Å². The van der Waals surface area contributed by atoms with E-state index in [2.05, 4.69) is 6.92 Å². The molecular weight excluding hydrogens is 172 g/mol. The van der Waals surface area contributed by atoms with E-state index in [1.165, 1.54) is 44.9 Å². The molecule has 2 aliphatic carbocycles. The second-order valence-electron chi connectivity index (χ2n) is 5.42. The van der Waals surface area contributed by atoms with Crippen LogP contribution >= 0.6 is 0 Å². The predicted octanol–water partition coefficient (Wildman–Crippen LogP) is 3.57. The first-order chi connectivity index (χ1) is 6.75. The monoisotopic (exact) mass is 194 g/mol. The van der Waals surface area contributed by atoms with E-state index in [1.54, 1.807) is 0 Å². The van der Waals surface area contributed by atoms with E-state index in [0.717, 1.165) is 18.3 Å². The molecule has 2 saturated carbocycles. The fourth-order valence-electron chi connectivity index (χ4n) is 2.73. The van der Waals surface area contributed by atoms with Gasteiger partial charge in [0.05, 0.1) is 0 Å². The van der Waals surface area contributed by atoms with Crippen LogP contribution in [-0.4, -0.2) is 5.78 Å². The molecule has 0 aromatic rings. The van der Waals surface area contributed by atoms with E-state index in [1.807, 2.05) is 0 Å². The lowest BCUT2D eigenvalue weighted by atomic mass is 9.75. The van der Waals surface area contributed by atoms with Crippen LogP contribution in [-0.2, 0) is 4.79 Å². The summed E-state index contributed by atoms with van der Waals surface area (Å²) in [7, 11) is 0. The molecule has 2 fully saturated rings. The summed E-state index contributed by atoms with van der Waals surface area (Å²) in [5, 5.41) is 0. The number of ketones is 1. The van der Waals surface area contributed by atoms with Crippen molar-refractivity contribution in [2.45, 2.75) is 58.3 Å². The van der Waals surface area contributed by atoms with Crippen molar-refractivity contribution < 1.29 is 4.79 Å². The van der Waals surface area contributed by atoms with Crippen molar-refractivity contribution in [3.63, 3.8) is 0 Å². The van der Waals surface area contributed by atoms with Crippen LogP contribution in [0.2, 0.25) is 0 Å². The highest BCUT2D eigenvalue weighted by Crippen LogP contribution is 2.34. The summed E-state index contributed by atoms with van der Waals surface area (Å²) in [5.41, 5.74) is 0. The summed E-state index contributed by atoms with van der Waals surface area (Å²) in [4.78, 5) is 11.9.